The fourth-order valence-corrected chi connectivity index (χ4v) is 6.46. The summed E-state index contributed by atoms with van der Waals surface area (Å²) in [5, 5.41) is 0. The van der Waals surface area contributed by atoms with Crippen molar-refractivity contribution in [3.05, 3.63) is 35.4 Å². The number of halogens is 1. The van der Waals surface area contributed by atoms with Crippen LogP contribution in [0.3, 0.4) is 0 Å². The molecule has 1 atom stereocenters. The number of rotatable bonds is 38. The molecule has 284 valence electrons. The predicted octanol–water partition coefficient (Wildman–Crippen LogP) is 13.4. The maximum absolute atomic E-state index is 6.29. The molecule has 0 amide bonds. The number of hydrogen-bond acceptors (Lipinski definition) is 4. The van der Waals surface area contributed by atoms with Crippen LogP contribution in [0, 0.1) is 0 Å². The second kappa shape index (κ2) is 39.1. The van der Waals surface area contributed by atoms with Crippen LogP contribution in [0.15, 0.2) is 24.3 Å². The van der Waals surface area contributed by atoms with E-state index in [9.17, 15) is 0 Å². The normalized spacial score (nSPS) is 12.0. The van der Waals surface area contributed by atoms with E-state index in [1.807, 2.05) is 0 Å². The van der Waals surface area contributed by atoms with Crippen LogP contribution in [0.5, 0.6) is 0 Å². The number of ether oxygens (including phenoxy) is 3. The lowest BCUT2D eigenvalue weighted by Gasteiger charge is -2.19. The smallest absolute Gasteiger partial charge is 0.104 e. The molecule has 0 spiro atoms. The van der Waals surface area contributed by atoms with Gasteiger partial charge in [-0.25, -0.2) is 0 Å². The first-order valence-electron chi connectivity index (χ1n) is 20.8. The van der Waals surface area contributed by atoms with Crippen LogP contribution in [0.25, 0.3) is 0 Å². The Hall–Kier alpha value is -0.650. The maximum Gasteiger partial charge on any atom is 0.104 e. The maximum atomic E-state index is 6.29. The highest BCUT2D eigenvalue weighted by Gasteiger charge is 2.11. The second-order valence-corrected chi connectivity index (χ2v) is 14.3. The number of hydrogen-bond donors (Lipinski definition) is 1. The molecule has 1 unspecified atom stereocenters. The molecule has 2 N–H and O–H groups in total. The van der Waals surface area contributed by atoms with Crippen LogP contribution < -0.4 is 5.73 Å². The van der Waals surface area contributed by atoms with Crippen molar-refractivity contribution in [1.82, 2.24) is 0 Å². The van der Waals surface area contributed by atoms with Gasteiger partial charge < -0.3 is 19.9 Å². The lowest BCUT2D eigenvalue weighted by molar-refractivity contribution is -0.0645. The van der Waals surface area contributed by atoms with Gasteiger partial charge in [-0.3, -0.25) is 0 Å². The Labute approximate surface area is 306 Å². The Morgan fingerprint density at radius 2 is 0.854 bits per heavy atom. The number of nitrogens with two attached hydrogens (primary N) is 1. The van der Waals surface area contributed by atoms with Gasteiger partial charge in [-0.15, -0.1) is 12.4 Å². The molecule has 0 radical (unpaired) electrons. The Bertz CT molecular complexity index is 748. The summed E-state index contributed by atoms with van der Waals surface area (Å²) in [4.78, 5) is 0. The highest BCUT2D eigenvalue weighted by atomic mass is 35.5. The van der Waals surface area contributed by atoms with E-state index in [0.717, 1.165) is 31.6 Å². The van der Waals surface area contributed by atoms with Crippen molar-refractivity contribution in [1.29, 1.82) is 0 Å². The molecule has 5 heteroatoms. The quantitative estimate of drug-likeness (QED) is 0.0700. The first-order valence-corrected chi connectivity index (χ1v) is 20.8. The molecular weight excluding hydrogens is 614 g/mol. The largest absolute Gasteiger partial charge is 0.379 e. The van der Waals surface area contributed by atoms with E-state index in [2.05, 4.69) is 38.1 Å². The Kier molecular flexibility index (Phi) is 38.6. The molecule has 0 aliphatic carbocycles. The van der Waals surface area contributed by atoms with Crippen LogP contribution in [0.2, 0.25) is 0 Å². The monoisotopic (exact) mass is 696 g/mol. The second-order valence-electron chi connectivity index (χ2n) is 14.3. The third-order valence-electron chi connectivity index (χ3n) is 9.60. The van der Waals surface area contributed by atoms with E-state index in [4.69, 9.17) is 19.9 Å². The van der Waals surface area contributed by atoms with E-state index >= 15 is 0 Å². The van der Waals surface area contributed by atoms with Gasteiger partial charge in [0.05, 0.1) is 19.8 Å². The van der Waals surface area contributed by atoms with Gasteiger partial charge in [-0.1, -0.05) is 205 Å². The Morgan fingerprint density at radius 3 is 1.29 bits per heavy atom. The topological polar surface area (TPSA) is 53.7 Å². The summed E-state index contributed by atoms with van der Waals surface area (Å²) in [7, 11) is 0. The minimum atomic E-state index is 0. The molecule has 0 saturated heterocycles. The van der Waals surface area contributed by atoms with E-state index in [0.29, 0.717) is 26.4 Å². The third kappa shape index (κ3) is 32.5. The first kappa shape index (κ1) is 47.4. The van der Waals surface area contributed by atoms with Gasteiger partial charge in [-0.2, -0.15) is 0 Å². The summed E-state index contributed by atoms with van der Waals surface area (Å²) < 4.78 is 18.5. The van der Waals surface area contributed by atoms with Crippen LogP contribution in [-0.4, -0.2) is 32.5 Å². The van der Waals surface area contributed by atoms with Crippen molar-refractivity contribution in [2.24, 2.45) is 5.73 Å². The van der Waals surface area contributed by atoms with Gasteiger partial charge in [0.1, 0.15) is 6.10 Å². The molecule has 0 heterocycles. The molecule has 0 fully saturated rings. The van der Waals surface area contributed by atoms with E-state index in [-0.39, 0.29) is 18.5 Å². The molecule has 0 aliphatic rings. The first-order chi connectivity index (χ1) is 23.3. The van der Waals surface area contributed by atoms with Crippen molar-refractivity contribution in [2.75, 3.05) is 26.4 Å². The van der Waals surface area contributed by atoms with Gasteiger partial charge in [0, 0.05) is 19.8 Å². The number of benzene rings is 1. The summed E-state index contributed by atoms with van der Waals surface area (Å²) >= 11 is 0. The third-order valence-corrected chi connectivity index (χ3v) is 9.60. The van der Waals surface area contributed by atoms with Crippen LogP contribution in [0.4, 0.5) is 0 Å². The predicted molar refractivity (Wildman–Crippen MR) is 212 cm³/mol. The Morgan fingerprint density at radius 1 is 0.479 bits per heavy atom. The van der Waals surface area contributed by atoms with Crippen molar-refractivity contribution in [3.8, 4) is 0 Å². The summed E-state index contributed by atoms with van der Waals surface area (Å²) in [6, 6.07) is 8.37. The van der Waals surface area contributed by atoms with E-state index in [1.165, 1.54) is 173 Å². The molecule has 1 aromatic carbocycles. The average Bonchev–Trinajstić information content (AvgIpc) is 3.09. The van der Waals surface area contributed by atoms with Crippen molar-refractivity contribution < 1.29 is 14.2 Å². The zero-order chi connectivity index (χ0) is 33.7. The van der Waals surface area contributed by atoms with Gasteiger partial charge in [0.2, 0.25) is 0 Å². The molecule has 0 bridgehead atoms. The molecule has 4 nitrogen and oxygen atoms in total. The van der Waals surface area contributed by atoms with Crippen LogP contribution in [-0.2, 0) is 27.4 Å². The van der Waals surface area contributed by atoms with Gasteiger partial charge in [-0.05, 0) is 24.0 Å². The molecule has 1 rings (SSSR count). The lowest BCUT2D eigenvalue weighted by Crippen LogP contribution is -2.26. The standard InChI is InChI=1S/C43H81NO3.ClH/c1-3-5-7-9-11-13-15-17-19-21-23-25-27-29-34-45-39-43(40-46-38-42-33-31-32-41(36-42)37-44)47-35-30-28-26-24-22-20-18-16-14-12-10-8-6-4-2;/h31-33,36,43H,3-30,34-35,37-40,44H2,1-2H3;1H. The fourth-order valence-electron chi connectivity index (χ4n) is 6.46. The van der Waals surface area contributed by atoms with Gasteiger partial charge in [0.25, 0.3) is 0 Å². The van der Waals surface area contributed by atoms with Crippen LogP contribution >= 0.6 is 12.4 Å². The van der Waals surface area contributed by atoms with E-state index in [1.54, 1.807) is 0 Å². The summed E-state index contributed by atoms with van der Waals surface area (Å²) in [6.07, 6.45) is 38.6. The molecule has 0 aromatic heterocycles. The zero-order valence-corrected chi connectivity index (χ0v) is 33.0. The Balaban J connectivity index is 0.0000221. The zero-order valence-electron chi connectivity index (χ0n) is 32.1. The van der Waals surface area contributed by atoms with Crippen molar-refractivity contribution in [2.45, 2.75) is 213 Å². The van der Waals surface area contributed by atoms with Gasteiger partial charge in [0.15, 0.2) is 0 Å². The summed E-state index contributed by atoms with van der Waals surface area (Å²) in [5.74, 6) is 0. The minimum Gasteiger partial charge on any atom is -0.379 e. The molecular formula is C43H82ClNO3. The van der Waals surface area contributed by atoms with Gasteiger partial charge >= 0.3 is 0 Å². The van der Waals surface area contributed by atoms with E-state index < -0.39 is 0 Å². The van der Waals surface area contributed by atoms with Crippen molar-refractivity contribution in [3.63, 3.8) is 0 Å². The molecule has 0 saturated carbocycles. The summed E-state index contributed by atoms with van der Waals surface area (Å²) in [5.41, 5.74) is 8.13. The fraction of sp³-hybridized carbons (Fsp3) is 0.860. The number of unbranched alkanes of at least 4 members (excludes halogenated alkanes) is 26. The highest BCUT2D eigenvalue weighted by Crippen LogP contribution is 2.15. The van der Waals surface area contributed by atoms with Crippen LogP contribution in [0.1, 0.15) is 205 Å². The van der Waals surface area contributed by atoms with Crippen molar-refractivity contribution >= 4 is 12.4 Å². The molecule has 1 aromatic rings. The molecule has 48 heavy (non-hydrogen) atoms. The molecule has 0 aliphatic heterocycles. The highest BCUT2D eigenvalue weighted by molar-refractivity contribution is 5.85. The SMILES string of the molecule is CCCCCCCCCCCCCCCCOCC(COCc1cccc(CN)c1)OCCCCCCCCCCCCCCCC.Cl. The summed E-state index contributed by atoms with van der Waals surface area (Å²) in [6.45, 7) is 8.57. The lowest BCUT2D eigenvalue weighted by atomic mass is 10.0. The minimum absolute atomic E-state index is 0. The average molecular weight is 697 g/mol.